The zero-order valence-electron chi connectivity index (χ0n) is 9.30. The molecule has 0 radical (unpaired) electrons. The molecule has 0 N–H and O–H groups in total. The monoisotopic (exact) mass is 197 g/mol. The molecule has 0 aromatic rings. The highest BCUT2D eigenvalue weighted by atomic mass is 16.5. The molecule has 2 saturated heterocycles. The third-order valence-electron chi connectivity index (χ3n) is 3.07. The zero-order valence-corrected chi connectivity index (χ0v) is 9.30. The average molecular weight is 197 g/mol. The minimum Gasteiger partial charge on any atom is -0.371 e. The van der Waals surface area contributed by atoms with Crippen molar-refractivity contribution in [2.45, 2.75) is 39.2 Å². The Balaban J connectivity index is 1.91. The van der Waals surface area contributed by atoms with Gasteiger partial charge in [0.15, 0.2) is 0 Å². The Labute approximate surface area is 85.4 Å². The van der Waals surface area contributed by atoms with Gasteiger partial charge in [0.05, 0.1) is 13.1 Å². The second-order valence-corrected chi connectivity index (χ2v) is 5.55. The summed E-state index contributed by atoms with van der Waals surface area (Å²) in [7, 11) is 0. The number of ether oxygens (including phenoxy) is 1. The van der Waals surface area contributed by atoms with Gasteiger partial charge in [0.2, 0.25) is 5.91 Å². The van der Waals surface area contributed by atoms with E-state index in [0.717, 1.165) is 32.5 Å². The highest BCUT2D eigenvalue weighted by Gasteiger charge is 2.49. The molecule has 0 aromatic carbocycles. The Bertz CT molecular complexity index is 241. The molecule has 0 saturated carbocycles. The molecule has 0 aromatic heterocycles. The maximum atomic E-state index is 11.9. The van der Waals surface area contributed by atoms with Crippen LogP contribution in [0.2, 0.25) is 0 Å². The van der Waals surface area contributed by atoms with Gasteiger partial charge < -0.3 is 9.64 Å². The molecule has 0 bridgehead atoms. The minimum atomic E-state index is -0.250. The Morgan fingerprint density at radius 2 is 2.00 bits per heavy atom. The molecule has 1 spiro atoms. The standard InChI is InChI=1S/C11H19NO2/c1-10(2,3)9(13)12-7-11(8-12)5-4-6-14-11/h4-8H2,1-3H3. The molecule has 2 fully saturated rings. The molecule has 1 amide bonds. The summed E-state index contributed by atoms with van der Waals surface area (Å²) in [6, 6.07) is 0. The Morgan fingerprint density at radius 1 is 1.36 bits per heavy atom. The van der Waals surface area contributed by atoms with E-state index in [0.29, 0.717) is 0 Å². The van der Waals surface area contributed by atoms with Crippen molar-refractivity contribution in [1.82, 2.24) is 4.90 Å². The van der Waals surface area contributed by atoms with Crippen molar-refractivity contribution >= 4 is 5.91 Å². The lowest BCUT2D eigenvalue weighted by atomic mass is 9.86. The van der Waals surface area contributed by atoms with Crippen LogP contribution in [-0.4, -0.2) is 36.1 Å². The van der Waals surface area contributed by atoms with Crippen LogP contribution in [0.4, 0.5) is 0 Å². The van der Waals surface area contributed by atoms with E-state index in [2.05, 4.69) is 0 Å². The third-order valence-corrected chi connectivity index (χ3v) is 3.07. The first kappa shape index (κ1) is 9.97. The van der Waals surface area contributed by atoms with Gasteiger partial charge in [0.25, 0.3) is 0 Å². The van der Waals surface area contributed by atoms with Crippen LogP contribution >= 0.6 is 0 Å². The summed E-state index contributed by atoms with van der Waals surface area (Å²) in [6.45, 7) is 8.39. The van der Waals surface area contributed by atoms with Crippen molar-refractivity contribution in [1.29, 1.82) is 0 Å². The van der Waals surface area contributed by atoms with E-state index >= 15 is 0 Å². The first-order valence-electron chi connectivity index (χ1n) is 5.36. The fourth-order valence-corrected chi connectivity index (χ4v) is 2.27. The maximum absolute atomic E-state index is 11.9. The van der Waals surface area contributed by atoms with Crippen molar-refractivity contribution in [2.75, 3.05) is 19.7 Å². The van der Waals surface area contributed by atoms with Crippen LogP contribution in [0.15, 0.2) is 0 Å². The van der Waals surface area contributed by atoms with Gasteiger partial charge in [-0.2, -0.15) is 0 Å². The summed E-state index contributed by atoms with van der Waals surface area (Å²) in [5.41, 5.74) is -0.207. The minimum absolute atomic E-state index is 0.0426. The number of likely N-dealkylation sites (tertiary alicyclic amines) is 1. The van der Waals surface area contributed by atoms with Gasteiger partial charge in [-0.15, -0.1) is 0 Å². The lowest BCUT2D eigenvalue weighted by Crippen LogP contribution is -2.64. The van der Waals surface area contributed by atoms with Gasteiger partial charge in [0, 0.05) is 12.0 Å². The summed E-state index contributed by atoms with van der Waals surface area (Å²) in [4.78, 5) is 13.8. The van der Waals surface area contributed by atoms with Crippen molar-refractivity contribution in [3.05, 3.63) is 0 Å². The predicted molar refractivity (Wildman–Crippen MR) is 54.0 cm³/mol. The summed E-state index contributed by atoms with van der Waals surface area (Å²) < 4.78 is 5.68. The number of hydrogen-bond acceptors (Lipinski definition) is 2. The molecule has 0 atom stereocenters. The van der Waals surface area contributed by atoms with Crippen LogP contribution in [0.3, 0.4) is 0 Å². The Kier molecular flexibility index (Phi) is 2.11. The van der Waals surface area contributed by atoms with Gasteiger partial charge in [-0.1, -0.05) is 20.8 Å². The highest BCUT2D eigenvalue weighted by molar-refractivity contribution is 5.82. The Hall–Kier alpha value is -0.570. The van der Waals surface area contributed by atoms with E-state index in [9.17, 15) is 4.79 Å². The molecule has 14 heavy (non-hydrogen) atoms. The summed E-state index contributed by atoms with van der Waals surface area (Å²) in [5.74, 6) is 0.249. The van der Waals surface area contributed by atoms with Crippen LogP contribution in [0.1, 0.15) is 33.6 Å². The molecule has 0 aliphatic carbocycles. The molecule has 3 heteroatoms. The molecular formula is C11H19NO2. The molecule has 80 valence electrons. The highest BCUT2D eigenvalue weighted by Crippen LogP contribution is 2.36. The van der Waals surface area contributed by atoms with Crippen molar-refractivity contribution < 1.29 is 9.53 Å². The largest absolute Gasteiger partial charge is 0.371 e. The van der Waals surface area contributed by atoms with E-state index in [4.69, 9.17) is 4.74 Å². The smallest absolute Gasteiger partial charge is 0.228 e. The van der Waals surface area contributed by atoms with Gasteiger partial charge >= 0.3 is 0 Å². The van der Waals surface area contributed by atoms with Crippen LogP contribution in [0, 0.1) is 5.41 Å². The van der Waals surface area contributed by atoms with E-state index in [1.807, 2.05) is 25.7 Å². The first-order valence-corrected chi connectivity index (χ1v) is 5.36. The average Bonchev–Trinajstić information content (AvgIpc) is 2.46. The summed E-state index contributed by atoms with van der Waals surface area (Å²) in [5, 5.41) is 0. The van der Waals surface area contributed by atoms with Crippen molar-refractivity contribution in [2.24, 2.45) is 5.41 Å². The number of rotatable bonds is 0. The van der Waals surface area contributed by atoms with E-state index in [1.165, 1.54) is 0 Å². The van der Waals surface area contributed by atoms with Crippen molar-refractivity contribution in [3.8, 4) is 0 Å². The topological polar surface area (TPSA) is 29.5 Å². The summed E-state index contributed by atoms with van der Waals surface area (Å²) >= 11 is 0. The van der Waals surface area contributed by atoms with Crippen LogP contribution in [0.5, 0.6) is 0 Å². The number of nitrogens with zero attached hydrogens (tertiary/aromatic N) is 1. The quantitative estimate of drug-likeness (QED) is 0.588. The third kappa shape index (κ3) is 1.54. The molecular weight excluding hydrogens is 178 g/mol. The molecule has 2 aliphatic rings. The zero-order chi connectivity index (χ0) is 10.4. The van der Waals surface area contributed by atoms with Gasteiger partial charge in [-0.05, 0) is 12.8 Å². The number of hydrogen-bond donors (Lipinski definition) is 0. The Morgan fingerprint density at radius 3 is 2.43 bits per heavy atom. The second kappa shape index (κ2) is 2.96. The molecule has 3 nitrogen and oxygen atoms in total. The van der Waals surface area contributed by atoms with Crippen molar-refractivity contribution in [3.63, 3.8) is 0 Å². The van der Waals surface area contributed by atoms with Crippen LogP contribution in [0.25, 0.3) is 0 Å². The molecule has 2 heterocycles. The fourth-order valence-electron chi connectivity index (χ4n) is 2.27. The predicted octanol–water partition coefficient (Wildman–Crippen LogP) is 1.42. The molecule has 0 unspecified atom stereocenters. The maximum Gasteiger partial charge on any atom is 0.228 e. The summed E-state index contributed by atoms with van der Waals surface area (Å²) in [6.07, 6.45) is 2.28. The number of amides is 1. The fraction of sp³-hybridized carbons (Fsp3) is 0.909. The van der Waals surface area contributed by atoms with Crippen LogP contribution in [-0.2, 0) is 9.53 Å². The van der Waals surface area contributed by atoms with Crippen LogP contribution < -0.4 is 0 Å². The number of carbonyl (C=O) groups excluding carboxylic acids is 1. The van der Waals surface area contributed by atoms with Gasteiger partial charge in [-0.25, -0.2) is 0 Å². The number of carbonyl (C=O) groups is 1. The molecule has 2 rings (SSSR count). The SMILES string of the molecule is CC(C)(C)C(=O)N1CC2(CCCO2)C1. The van der Waals surface area contributed by atoms with E-state index in [-0.39, 0.29) is 16.9 Å². The lowest BCUT2D eigenvalue weighted by molar-refractivity contribution is -0.165. The normalized spacial score (nSPS) is 25.2. The lowest BCUT2D eigenvalue weighted by Gasteiger charge is -2.49. The molecule has 2 aliphatic heterocycles. The van der Waals surface area contributed by atoms with E-state index in [1.54, 1.807) is 0 Å². The van der Waals surface area contributed by atoms with Gasteiger partial charge in [-0.3, -0.25) is 4.79 Å². The first-order chi connectivity index (χ1) is 6.43. The van der Waals surface area contributed by atoms with Gasteiger partial charge in [0.1, 0.15) is 5.60 Å². The second-order valence-electron chi connectivity index (χ2n) is 5.55. The van der Waals surface area contributed by atoms with E-state index < -0.39 is 0 Å².